The Hall–Kier alpha value is -0.630. The van der Waals surface area contributed by atoms with E-state index in [2.05, 4.69) is 15.0 Å². The number of hydrogen-bond acceptors (Lipinski definition) is 7. The molecule has 6 nitrogen and oxygen atoms in total. The van der Waals surface area contributed by atoms with Crippen LogP contribution in [0.1, 0.15) is 13.8 Å². The number of hydrogen-bond donors (Lipinski definition) is 2. The molecule has 1 rings (SSSR count). The average Bonchev–Trinajstić information content (AvgIpc) is 2.24. The topological polar surface area (TPSA) is 88.4 Å². The largest absolute Gasteiger partial charge is 0.461 e. The monoisotopic (exact) mass is 279 g/mol. The quantitative estimate of drug-likeness (QED) is 0.743. The highest BCUT2D eigenvalue weighted by Crippen LogP contribution is 2.18. The Kier molecular flexibility index (Phi) is 5.90. The number of nitrogens with zero attached hydrogens (tertiary/aromatic N) is 3. The van der Waals surface area contributed by atoms with Gasteiger partial charge in [-0.05, 0) is 25.4 Å². The normalized spacial score (nSPS) is 12.8. The summed E-state index contributed by atoms with van der Waals surface area (Å²) in [6, 6.07) is 0.154. The smallest absolute Gasteiger partial charge is 0.321 e. The summed E-state index contributed by atoms with van der Waals surface area (Å²) in [6.07, 6.45) is -0.876. The number of halogens is 1. The predicted octanol–water partition coefficient (Wildman–Crippen LogP) is 0.757. The van der Waals surface area contributed by atoms with Crippen LogP contribution >= 0.6 is 23.4 Å². The minimum atomic E-state index is -0.815. The van der Waals surface area contributed by atoms with Crippen LogP contribution in [0.3, 0.4) is 0 Å². The highest BCUT2D eigenvalue weighted by molar-refractivity contribution is 7.99. The molecule has 0 saturated heterocycles. The molecular formula is C9H14ClN3O3S. The minimum absolute atomic E-state index is 0.0386. The molecule has 0 spiro atoms. The van der Waals surface area contributed by atoms with Crippen LogP contribution in [-0.4, -0.2) is 49.7 Å². The molecule has 17 heavy (non-hydrogen) atoms. The van der Waals surface area contributed by atoms with Crippen molar-refractivity contribution in [3.8, 4) is 6.01 Å². The number of ether oxygens (including phenoxy) is 1. The molecule has 2 N–H and O–H groups in total. The van der Waals surface area contributed by atoms with Crippen molar-refractivity contribution < 1.29 is 14.9 Å². The molecule has 96 valence electrons. The first-order valence-electron chi connectivity index (χ1n) is 5.01. The lowest BCUT2D eigenvalue weighted by atomic mass is 10.4. The van der Waals surface area contributed by atoms with Crippen LogP contribution in [0.2, 0.25) is 5.28 Å². The van der Waals surface area contributed by atoms with Gasteiger partial charge >= 0.3 is 6.01 Å². The highest BCUT2D eigenvalue weighted by atomic mass is 35.5. The summed E-state index contributed by atoms with van der Waals surface area (Å²) < 4.78 is 5.30. The van der Waals surface area contributed by atoms with Crippen LogP contribution < -0.4 is 4.74 Å². The third kappa shape index (κ3) is 5.49. The molecule has 1 aromatic heterocycles. The first-order chi connectivity index (χ1) is 8.01. The second kappa shape index (κ2) is 6.95. The summed E-state index contributed by atoms with van der Waals surface area (Å²) in [5, 5.41) is 18.3. The van der Waals surface area contributed by atoms with Crippen LogP contribution in [-0.2, 0) is 0 Å². The molecule has 0 aliphatic heterocycles. The van der Waals surface area contributed by atoms with Crippen LogP contribution in [0, 0.1) is 0 Å². The van der Waals surface area contributed by atoms with E-state index in [1.165, 1.54) is 11.8 Å². The van der Waals surface area contributed by atoms with Gasteiger partial charge in [0.25, 0.3) is 0 Å². The fourth-order valence-corrected chi connectivity index (χ4v) is 1.81. The number of aromatic nitrogens is 3. The molecule has 1 heterocycles. The molecule has 1 aromatic rings. The van der Waals surface area contributed by atoms with Crippen molar-refractivity contribution in [2.45, 2.75) is 31.2 Å². The lowest BCUT2D eigenvalue weighted by Crippen LogP contribution is -2.15. The van der Waals surface area contributed by atoms with Crippen molar-refractivity contribution in [1.29, 1.82) is 0 Å². The maximum Gasteiger partial charge on any atom is 0.321 e. The third-order valence-corrected chi connectivity index (χ3v) is 2.69. The van der Waals surface area contributed by atoms with Crippen molar-refractivity contribution in [2.75, 3.05) is 12.4 Å². The van der Waals surface area contributed by atoms with E-state index in [1.54, 1.807) is 0 Å². The molecule has 0 amide bonds. The second-order valence-corrected chi connectivity index (χ2v) is 4.81. The standard InChI is InChI=1S/C9H14ClN3O3S/c1-5(2)16-8-11-7(10)12-9(13-8)17-4-6(15)3-14/h5-6,14-15H,3-4H2,1-2H3. The minimum Gasteiger partial charge on any atom is -0.461 e. The number of thioether (sulfide) groups is 1. The lowest BCUT2D eigenvalue weighted by molar-refractivity contribution is 0.113. The molecule has 1 unspecified atom stereocenters. The predicted molar refractivity (Wildman–Crippen MR) is 64.4 cm³/mol. The van der Waals surface area contributed by atoms with Gasteiger partial charge in [0.05, 0.1) is 18.8 Å². The third-order valence-electron chi connectivity index (χ3n) is 1.52. The van der Waals surface area contributed by atoms with Crippen LogP contribution in [0.5, 0.6) is 6.01 Å². The van der Waals surface area contributed by atoms with Gasteiger partial charge in [-0.3, -0.25) is 0 Å². The van der Waals surface area contributed by atoms with Gasteiger partial charge in [-0.2, -0.15) is 15.0 Å². The van der Waals surface area contributed by atoms with Crippen molar-refractivity contribution in [3.63, 3.8) is 0 Å². The molecule has 0 aliphatic carbocycles. The zero-order valence-electron chi connectivity index (χ0n) is 9.50. The van der Waals surface area contributed by atoms with Gasteiger partial charge in [0.1, 0.15) is 0 Å². The SMILES string of the molecule is CC(C)Oc1nc(Cl)nc(SCC(O)CO)n1. The fourth-order valence-electron chi connectivity index (χ4n) is 0.866. The first-order valence-corrected chi connectivity index (χ1v) is 6.37. The van der Waals surface area contributed by atoms with Gasteiger partial charge in [0, 0.05) is 5.75 Å². The summed E-state index contributed by atoms with van der Waals surface area (Å²) in [6.45, 7) is 3.39. The van der Waals surface area contributed by atoms with E-state index in [9.17, 15) is 5.11 Å². The maximum absolute atomic E-state index is 9.20. The van der Waals surface area contributed by atoms with Crippen molar-refractivity contribution in [3.05, 3.63) is 5.28 Å². The molecule has 0 bridgehead atoms. The number of aliphatic hydroxyl groups is 2. The number of rotatable bonds is 6. The molecular weight excluding hydrogens is 266 g/mol. The Morgan fingerprint density at radius 2 is 2.06 bits per heavy atom. The van der Waals surface area contributed by atoms with E-state index >= 15 is 0 Å². The first kappa shape index (κ1) is 14.4. The average molecular weight is 280 g/mol. The van der Waals surface area contributed by atoms with E-state index < -0.39 is 6.10 Å². The Labute approximate surface area is 108 Å². The molecule has 0 fully saturated rings. The van der Waals surface area contributed by atoms with Gasteiger partial charge < -0.3 is 14.9 Å². The van der Waals surface area contributed by atoms with Crippen LogP contribution in [0.4, 0.5) is 0 Å². The Bertz CT molecular complexity index is 367. The van der Waals surface area contributed by atoms with Crippen molar-refractivity contribution in [1.82, 2.24) is 15.0 Å². The summed E-state index contributed by atoms with van der Waals surface area (Å²) in [7, 11) is 0. The molecule has 8 heteroatoms. The van der Waals surface area contributed by atoms with Gasteiger partial charge in [-0.1, -0.05) is 11.8 Å². The Morgan fingerprint density at radius 3 is 2.65 bits per heavy atom. The van der Waals surface area contributed by atoms with Crippen molar-refractivity contribution >= 4 is 23.4 Å². The van der Waals surface area contributed by atoms with E-state index in [1.807, 2.05) is 13.8 Å². The summed E-state index contributed by atoms with van der Waals surface area (Å²) >= 11 is 6.89. The maximum atomic E-state index is 9.20. The molecule has 0 aromatic carbocycles. The summed E-state index contributed by atoms with van der Waals surface area (Å²) in [5.74, 6) is 0.276. The van der Waals surface area contributed by atoms with Crippen molar-refractivity contribution in [2.24, 2.45) is 0 Å². The zero-order chi connectivity index (χ0) is 12.8. The lowest BCUT2D eigenvalue weighted by Gasteiger charge is -2.09. The van der Waals surface area contributed by atoms with Gasteiger partial charge in [0.2, 0.25) is 5.28 Å². The Balaban J connectivity index is 2.68. The molecule has 1 atom stereocenters. The van der Waals surface area contributed by atoms with Gasteiger partial charge in [0.15, 0.2) is 5.16 Å². The van der Waals surface area contributed by atoms with E-state index in [0.29, 0.717) is 5.16 Å². The fraction of sp³-hybridized carbons (Fsp3) is 0.667. The van der Waals surface area contributed by atoms with Crippen LogP contribution in [0.25, 0.3) is 0 Å². The summed E-state index contributed by atoms with van der Waals surface area (Å²) in [5.41, 5.74) is 0. The van der Waals surface area contributed by atoms with E-state index in [4.69, 9.17) is 21.4 Å². The molecule has 0 radical (unpaired) electrons. The number of aliphatic hydroxyl groups excluding tert-OH is 2. The van der Waals surface area contributed by atoms with Gasteiger partial charge in [-0.25, -0.2) is 0 Å². The van der Waals surface area contributed by atoms with E-state index in [-0.39, 0.29) is 29.8 Å². The molecule has 0 aliphatic rings. The summed E-state index contributed by atoms with van der Waals surface area (Å²) in [4.78, 5) is 11.7. The van der Waals surface area contributed by atoms with Gasteiger partial charge in [-0.15, -0.1) is 0 Å². The van der Waals surface area contributed by atoms with Crippen LogP contribution in [0.15, 0.2) is 5.16 Å². The Morgan fingerprint density at radius 1 is 1.35 bits per heavy atom. The highest BCUT2D eigenvalue weighted by Gasteiger charge is 2.10. The zero-order valence-corrected chi connectivity index (χ0v) is 11.1. The second-order valence-electron chi connectivity index (χ2n) is 3.48. The molecule has 0 saturated carbocycles. The van der Waals surface area contributed by atoms with E-state index in [0.717, 1.165) is 0 Å².